The van der Waals surface area contributed by atoms with Gasteiger partial charge in [-0.25, -0.2) is 0 Å². The molecule has 1 aromatic rings. The normalized spacial score (nSPS) is 12.3. The van der Waals surface area contributed by atoms with Crippen molar-refractivity contribution in [3.8, 4) is 11.5 Å². The number of benzene rings is 1. The summed E-state index contributed by atoms with van der Waals surface area (Å²) in [6.45, 7) is 1.94. The Morgan fingerprint density at radius 3 is 2.27 bits per heavy atom. The van der Waals surface area contributed by atoms with Crippen molar-refractivity contribution >= 4 is 5.69 Å². The summed E-state index contributed by atoms with van der Waals surface area (Å²) in [7, 11) is 3.20. The minimum Gasteiger partial charge on any atom is -0.496 e. The fraction of sp³-hybridized carbons (Fsp3) is 0.455. The van der Waals surface area contributed by atoms with Crippen molar-refractivity contribution in [3.63, 3.8) is 0 Å². The molecule has 1 atom stereocenters. The molecule has 0 bridgehead atoms. The van der Waals surface area contributed by atoms with Gasteiger partial charge in [-0.05, 0) is 25.0 Å². The zero-order valence-electron chi connectivity index (χ0n) is 9.41. The summed E-state index contributed by atoms with van der Waals surface area (Å²) in [4.78, 5) is 0. The van der Waals surface area contributed by atoms with Gasteiger partial charge in [-0.3, -0.25) is 0 Å². The topological polar surface area (TPSA) is 70.5 Å². The molecule has 15 heavy (non-hydrogen) atoms. The number of hydrogen-bond acceptors (Lipinski definition) is 4. The minimum absolute atomic E-state index is 0.0756. The fourth-order valence-electron chi connectivity index (χ4n) is 1.50. The van der Waals surface area contributed by atoms with Gasteiger partial charge in [-0.15, -0.1) is 0 Å². The van der Waals surface area contributed by atoms with E-state index in [9.17, 15) is 0 Å². The molecule has 1 rings (SSSR count). The number of ether oxygens (including phenoxy) is 2. The van der Waals surface area contributed by atoms with E-state index in [-0.39, 0.29) is 6.04 Å². The molecular weight excluding hydrogens is 192 g/mol. The zero-order chi connectivity index (χ0) is 11.4. The summed E-state index contributed by atoms with van der Waals surface area (Å²) in [5, 5.41) is 0. The van der Waals surface area contributed by atoms with Gasteiger partial charge in [0.15, 0.2) is 0 Å². The van der Waals surface area contributed by atoms with Crippen LogP contribution in [0.25, 0.3) is 0 Å². The standard InChI is InChI=1S/C11H18N2O2/c1-7(12)4-8-5-9(13)11(15-3)6-10(8)14-2/h5-7H,4,12-13H2,1-3H3. The monoisotopic (exact) mass is 210 g/mol. The van der Waals surface area contributed by atoms with Crippen LogP contribution in [0.2, 0.25) is 0 Å². The molecule has 4 nitrogen and oxygen atoms in total. The highest BCUT2D eigenvalue weighted by Gasteiger charge is 2.10. The number of rotatable bonds is 4. The van der Waals surface area contributed by atoms with Crippen LogP contribution in [0.4, 0.5) is 5.69 Å². The first-order chi connectivity index (χ1) is 7.08. The predicted octanol–water partition coefficient (Wildman–Crippen LogP) is 1.18. The Balaban J connectivity index is 3.09. The van der Waals surface area contributed by atoms with Crippen LogP contribution in [0.1, 0.15) is 12.5 Å². The molecule has 1 unspecified atom stereocenters. The highest BCUT2D eigenvalue weighted by molar-refractivity contribution is 5.59. The highest BCUT2D eigenvalue weighted by Crippen LogP contribution is 2.31. The summed E-state index contributed by atoms with van der Waals surface area (Å²) >= 11 is 0. The SMILES string of the molecule is COc1cc(OC)c(CC(C)N)cc1N. The van der Waals surface area contributed by atoms with Crippen LogP contribution in [0.3, 0.4) is 0 Å². The average Bonchev–Trinajstić information content (AvgIpc) is 2.17. The summed E-state index contributed by atoms with van der Waals surface area (Å²) in [6, 6.07) is 3.71. The van der Waals surface area contributed by atoms with Crippen molar-refractivity contribution in [2.75, 3.05) is 20.0 Å². The molecule has 0 spiro atoms. The molecule has 0 saturated heterocycles. The predicted molar refractivity (Wildman–Crippen MR) is 61.3 cm³/mol. The Morgan fingerprint density at radius 1 is 1.20 bits per heavy atom. The molecule has 0 radical (unpaired) electrons. The Morgan fingerprint density at radius 2 is 1.80 bits per heavy atom. The van der Waals surface area contributed by atoms with E-state index in [0.717, 1.165) is 17.7 Å². The maximum absolute atomic E-state index is 5.81. The molecule has 0 fully saturated rings. The molecule has 4 heteroatoms. The third-order valence-electron chi connectivity index (χ3n) is 2.17. The molecule has 4 N–H and O–H groups in total. The first-order valence-corrected chi connectivity index (χ1v) is 4.84. The largest absolute Gasteiger partial charge is 0.496 e. The fourth-order valence-corrected chi connectivity index (χ4v) is 1.50. The van der Waals surface area contributed by atoms with Gasteiger partial charge < -0.3 is 20.9 Å². The van der Waals surface area contributed by atoms with Crippen molar-refractivity contribution in [2.45, 2.75) is 19.4 Å². The number of anilines is 1. The molecule has 0 aliphatic heterocycles. The molecule has 0 saturated carbocycles. The lowest BCUT2D eigenvalue weighted by molar-refractivity contribution is 0.391. The van der Waals surface area contributed by atoms with E-state index in [1.807, 2.05) is 13.0 Å². The van der Waals surface area contributed by atoms with Crippen molar-refractivity contribution in [1.29, 1.82) is 0 Å². The van der Waals surface area contributed by atoms with E-state index in [0.29, 0.717) is 11.4 Å². The van der Waals surface area contributed by atoms with Crippen LogP contribution < -0.4 is 20.9 Å². The highest BCUT2D eigenvalue weighted by atomic mass is 16.5. The summed E-state index contributed by atoms with van der Waals surface area (Å²) in [6.07, 6.45) is 0.733. The summed E-state index contributed by atoms with van der Waals surface area (Å²) in [5.41, 5.74) is 13.2. The van der Waals surface area contributed by atoms with Gasteiger partial charge in [0.05, 0.1) is 19.9 Å². The van der Waals surface area contributed by atoms with Crippen molar-refractivity contribution < 1.29 is 9.47 Å². The molecule has 84 valence electrons. The van der Waals surface area contributed by atoms with Crippen molar-refractivity contribution in [3.05, 3.63) is 17.7 Å². The van der Waals surface area contributed by atoms with Crippen molar-refractivity contribution in [1.82, 2.24) is 0 Å². The lowest BCUT2D eigenvalue weighted by Crippen LogP contribution is -2.18. The van der Waals surface area contributed by atoms with Crippen molar-refractivity contribution in [2.24, 2.45) is 5.73 Å². The molecular formula is C11H18N2O2. The molecule has 0 heterocycles. The van der Waals surface area contributed by atoms with Gasteiger partial charge in [0, 0.05) is 12.1 Å². The van der Waals surface area contributed by atoms with E-state index >= 15 is 0 Å². The van der Waals surface area contributed by atoms with E-state index in [4.69, 9.17) is 20.9 Å². The first kappa shape index (κ1) is 11.7. The Kier molecular flexibility index (Phi) is 3.80. The Hall–Kier alpha value is -1.42. The lowest BCUT2D eigenvalue weighted by Gasteiger charge is -2.14. The van der Waals surface area contributed by atoms with E-state index in [2.05, 4.69) is 0 Å². The van der Waals surface area contributed by atoms with Crippen LogP contribution in [-0.4, -0.2) is 20.3 Å². The van der Waals surface area contributed by atoms with Gasteiger partial charge in [-0.2, -0.15) is 0 Å². The molecule has 1 aromatic carbocycles. The van der Waals surface area contributed by atoms with E-state index in [1.165, 1.54) is 0 Å². The number of methoxy groups -OCH3 is 2. The van der Waals surface area contributed by atoms with Crippen LogP contribution in [0.15, 0.2) is 12.1 Å². The smallest absolute Gasteiger partial charge is 0.145 e. The second kappa shape index (κ2) is 4.89. The first-order valence-electron chi connectivity index (χ1n) is 4.84. The number of nitrogens with two attached hydrogens (primary N) is 2. The van der Waals surface area contributed by atoms with Gasteiger partial charge >= 0.3 is 0 Å². The van der Waals surface area contributed by atoms with Gasteiger partial charge in [-0.1, -0.05) is 0 Å². The van der Waals surface area contributed by atoms with Crippen LogP contribution in [0, 0.1) is 0 Å². The maximum atomic E-state index is 5.81. The summed E-state index contributed by atoms with van der Waals surface area (Å²) < 4.78 is 10.4. The van der Waals surface area contributed by atoms with Crippen LogP contribution in [-0.2, 0) is 6.42 Å². The number of hydrogen-bond donors (Lipinski definition) is 2. The molecule has 0 amide bonds. The zero-order valence-corrected chi connectivity index (χ0v) is 9.41. The summed E-state index contributed by atoms with van der Waals surface area (Å²) in [5.74, 6) is 1.39. The van der Waals surface area contributed by atoms with E-state index in [1.54, 1.807) is 20.3 Å². The molecule has 0 aromatic heterocycles. The number of nitrogen functional groups attached to an aromatic ring is 1. The van der Waals surface area contributed by atoms with E-state index < -0.39 is 0 Å². The second-order valence-corrected chi connectivity index (χ2v) is 3.59. The van der Waals surface area contributed by atoms with Gasteiger partial charge in [0.1, 0.15) is 11.5 Å². The van der Waals surface area contributed by atoms with Gasteiger partial charge in [0.25, 0.3) is 0 Å². The van der Waals surface area contributed by atoms with Gasteiger partial charge in [0.2, 0.25) is 0 Å². The van der Waals surface area contributed by atoms with Crippen LogP contribution in [0.5, 0.6) is 11.5 Å². The lowest BCUT2D eigenvalue weighted by atomic mass is 10.1. The quantitative estimate of drug-likeness (QED) is 0.732. The van der Waals surface area contributed by atoms with Crippen LogP contribution >= 0.6 is 0 Å². The third kappa shape index (κ3) is 2.76. The average molecular weight is 210 g/mol. The Labute approximate surface area is 90.2 Å². The minimum atomic E-state index is 0.0756. The third-order valence-corrected chi connectivity index (χ3v) is 2.17. The molecule has 0 aliphatic carbocycles. The Bertz CT molecular complexity index is 338. The molecule has 0 aliphatic rings. The maximum Gasteiger partial charge on any atom is 0.145 e. The second-order valence-electron chi connectivity index (χ2n) is 3.59.